The van der Waals surface area contributed by atoms with Gasteiger partial charge in [-0.3, -0.25) is 4.90 Å². The first-order valence-electron chi connectivity index (χ1n) is 3.56. The van der Waals surface area contributed by atoms with Crippen molar-refractivity contribution in [3.63, 3.8) is 0 Å². The topological polar surface area (TPSA) is 3.24 Å². The molecule has 9 heavy (non-hydrogen) atoms. The summed E-state index contributed by atoms with van der Waals surface area (Å²) in [5.74, 6) is 0. The molecule has 1 aliphatic heterocycles. The number of nitrogens with zero attached hydrogens (tertiary/aromatic N) is 1. The van der Waals surface area contributed by atoms with Gasteiger partial charge in [-0.15, -0.1) is 0 Å². The Balaban J connectivity index is 2.54. The van der Waals surface area contributed by atoms with Crippen LogP contribution in [0.15, 0.2) is 11.6 Å². The molecule has 1 heteroatoms. The maximum absolute atomic E-state index is 2.37. The molecule has 0 aromatic carbocycles. The predicted octanol–water partition coefficient (Wildman–Crippen LogP) is 1.66. The molecule has 0 unspecified atom stereocenters. The summed E-state index contributed by atoms with van der Waals surface area (Å²) in [5, 5.41) is 0. The summed E-state index contributed by atoms with van der Waals surface area (Å²) < 4.78 is 0. The van der Waals surface area contributed by atoms with Crippen LogP contribution in [0.4, 0.5) is 0 Å². The molecule has 0 aromatic rings. The van der Waals surface area contributed by atoms with Crippen molar-refractivity contribution in [3.8, 4) is 0 Å². The molecular formula is C8H15N. The molecule has 0 bridgehead atoms. The first-order valence-corrected chi connectivity index (χ1v) is 3.56. The lowest BCUT2D eigenvalue weighted by atomic mass is 10.0. The molecule has 0 amide bonds. The van der Waals surface area contributed by atoms with E-state index in [1.807, 2.05) is 0 Å². The predicted molar refractivity (Wildman–Crippen MR) is 40.5 cm³/mol. The molecule has 0 saturated carbocycles. The van der Waals surface area contributed by atoms with Crippen LogP contribution in [0.2, 0.25) is 0 Å². The van der Waals surface area contributed by atoms with E-state index in [2.05, 4.69) is 31.9 Å². The zero-order valence-electron chi connectivity index (χ0n) is 6.52. The van der Waals surface area contributed by atoms with Gasteiger partial charge in [-0.05, 0) is 27.3 Å². The Morgan fingerprint density at radius 3 is 2.78 bits per heavy atom. The molecule has 1 heterocycles. The highest BCUT2D eigenvalue weighted by Gasteiger charge is 2.12. The number of hydrogen-bond donors (Lipinski definition) is 0. The minimum absolute atomic E-state index is 0.745. The second-order valence-corrected chi connectivity index (χ2v) is 3.04. The summed E-state index contributed by atoms with van der Waals surface area (Å²) in [6.07, 6.45) is 3.55. The third kappa shape index (κ3) is 1.55. The average molecular weight is 125 g/mol. The van der Waals surface area contributed by atoms with E-state index in [4.69, 9.17) is 0 Å². The van der Waals surface area contributed by atoms with Crippen LogP contribution in [-0.2, 0) is 0 Å². The smallest absolute Gasteiger partial charge is 0.0165 e. The zero-order valence-corrected chi connectivity index (χ0v) is 6.52. The Hall–Kier alpha value is -0.300. The van der Waals surface area contributed by atoms with Crippen LogP contribution in [0.5, 0.6) is 0 Å². The van der Waals surface area contributed by atoms with E-state index >= 15 is 0 Å². The lowest BCUT2D eigenvalue weighted by Gasteiger charge is -2.27. The highest BCUT2D eigenvalue weighted by atomic mass is 15.1. The third-order valence-electron chi connectivity index (χ3n) is 2.10. The van der Waals surface area contributed by atoms with Crippen LogP contribution in [0.3, 0.4) is 0 Å². The Bertz CT molecular complexity index is 127. The van der Waals surface area contributed by atoms with Gasteiger partial charge in [0.2, 0.25) is 0 Å². The standard InChI is InChI=1S/C8H15N/c1-7-4-5-9(3)8(2)6-7/h4,8H,5-6H2,1-3H3/t8-/m1/s1. The SMILES string of the molecule is CC1=CCN(C)[C@H](C)C1. The summed E-state index contributed by atoms with van der Waals surface area (Å²) >= 11 is 0. The lowest BCUT2D eigenvalue weighted by molar-refractivity contribution is 0.269. The molecule has 1 aliphatic rings. The van der Waals surface area contributed by atoms with Gasteiger partial charge in [-0.25, -0.2) is 0 Å². The van der Waals surface area contributed by atoms with Crippen molar-refractivity contribution in [1.82, 2.24) is 4.90 Å². The minimum Gasteiger partial charge on any atom is -0.300 e. The summed E-state index contributed by atoms with van der Waals surface area (Å²) in [5.41, 5.74) is 1.54. The van der Waals surface area contributed by atoms with E-state index in [9.17, 15) is 0 Å². The summed E-state index contributed by atoms with van der Waals surface area (Å²) in [7, 11) is 2.17. The molecule has 1 rings (SSSR count). The maximum atomic E-state index is 2.37. The van der Waals surface area contributed by atoms with Crippen molar-refractivity contribution >= 4 is 0 Å². The van der Waals surface area contributed by atoms with Gasteiger partial charge in [0.25, 0.3) is 0 Å². The first kappa shape index (κ1) is 6.81. The minimum atomic E-state index is 0.745. The van der Waals surface area contributed by atoms with Gasteiger partial charge in [-0.1, -0.05) is 11.6 Å². The molecular weight excluding hydrogens is 110 g/mol. The Morgan fingerprint density at radius 1 is 1.67 bits per heavy atom. The number of rotatable bonds is 0. The van der Waals surface area contributed by atoms with Crippen LogP contribution >= 0.6 is 0 Å². The van der Waals surface area contributed by atoms with Crippen molar-refractivity contribution in [2.45, 2.75) is 26.3 Å². The molecule has 0 radical (unpaired) electrons. The monoisotopic (exact) mass is 125 g/mol. The Morgan fingerprint density at radius 2 is 2.33 bits per heavy atom. The third-order valence-corrected chi connectivity index (χ3v) is 2.10. The Labute approximate surface area is 57.4 Å². The second kappa shape index (κ2) is 2.53. The highest BCUT2D eigenvalue weighted by molar-refractivity contribution is 5.05. The number of hydrogen-bond acceptors (Lipinski definition) is 1. The van der Waals surface area contributed by atoms with E-state index in [1.54, 1.807) is 5.57 Å². The molecule has 0 fully saturated rings. The quantitative estimate of drug-likeness (QED) is 0.445. The van der Waals surface area contributed by atoms with Gasteiger partial charge in [-0.2, -0.15) is 0 Å². The largest absolute Gasteiger partial charge is 0.300 e. The second-order valence-electron chi connectivity index (χ2n) is 3.04. The molecule has 1 nitrogen and oxygen atoms in total. The van der Waals surface area contributed by atoms with Crippen LogP contribution in [0, 0.1) is 0 Å². The molecule has 0 saturated heterocycles. The van der Waals surface area contributed by atoms with Gasteiger partial charge in [0.05, 0.1) is 0 Å². The molecule has 0 aliphatic carbocycles. The normalized spacial score (nSPS) is 30.1. The molecule has 0 spiro atoms. The molecule has 1 atom stereocenters. The number of likely N-dealkylation sites (N-methyl/N-ethyl adjacent to an activating group) is 1. The van der Waals surface area contributed by atoms with Crippen molar-refractivity contribution in [3.05, 3.63) is 11.6 Å². The van der Waals surface area contributed by atoms with E-state index in [-0.39, 0.29) is 0 Å². The van der Waals surface area contributed by atoms with Crippen molar-refractivity contribution in [2.24, 2.45) is 0 Å². The van der Waals surface area contributed by atoms with Crippen molar-refractivity contribution in [1.29, 1.82) is 0 Å². The fourth-order valence-corrected chi connectivity index (χ4v) is 1.18. The average Bonchev–Trinajstić information content (AvgIpc) is 1.80. The summed E-state index contributed by atoms with van der Waals surface area (Å²) in [6, 6.07) is 0.745. The van der Waals surface area contributed by atoms with Crippen molar-refractivity contribution < 1.29 is 0 Å². The highest BCUT2D eigenvalue weighted by Crippen LogP contribution is 2.14. The maximum Gasteiger partial charge on any atom is 0.0165 e. The Kier molecular flexibility index (Phi) is 1.91. The first-order chi connectivity index (χ1) is 4.20. The fourth-order valence-electron chi connectivity index (χ4n) is 1.18. The summed E-state index contributed by atoms with van der Waals surface area (Å²) in [6.45, 7) is 5.62. The van der Waals surface area contributed by atoms with E-state index in [1.165, 1.54) is 6.42 Å². The van der Waals surface area contributed by atoms with Gasteiger partial charge in [0.1, 0.15) is 0 Å². The van der Waals surface area contributed by atoms with Crippen LogP contribution in [0.25, 0.3) is 0 Å². The van der Waals surface area contributed by atoms with Gasteiger partial charge in [0, 0.05) is 12.6 Å². The molecule has 52 valence electrons. The molecule has 0 N–H and O–H groups in total. The van der Waals surface area contributed by atoms with Crippen LogP contribution in [0.1, 0.15) is 20.3 Å². The lowest BCUT2D eigenvalue weighted by Crippen LogP contribution is -2.32. The van der Waals surface area contributed by atoms with E-state index in [0.29, 0.717) is 0 Å². The van der Waals surface area contributed by atoms with Gasteiger partial charge < -0.3 is 0 Å². The van der Waals surface area contributed by atoms with E-state index in [0.717, 1.165) is 12.6 Å². The van der Waals surface area contributed by atoms with Crippen LogP contribution < -0.4 is 0 Å². The van der Waals surface area contributed by atoms with Gasteiger partial charge in [0.15, 0.2) is 0 Å². The molecule has 0 aromatic heterocycles. The van der Waals surface area contributed by atoms with E-state index < -0.39 is 0 Å². The summed E-state index contributed by atoms with van der Waals surface area (Å²) in [4.78, 5) is 2.37. The van der Waals surface area contributed by atoms with Crippen LogP contribution in [-0.4, -0.2) is 24.5 Å². The zero-order chi connectivity index (χ0) is 6.85. The van der Waals surface area contributed by atoms with Gasteiger partial charge >= 0.3 is 0 Å². The van der Waals surface area contributed by atoms with Crippen molar-refractivity contribution in [2.75, 3.05) is 13.6 Å². The fraction of sp³-hybridized carbons (Fsp3) is 0.750.